The highest BCUT2D eigenvalue weighted by molar-refractivity contribution is 6.02. The average molecular weight is 446 g/mol. The summed E-state index contributed by atoms with van der Waals surface area (Å²) in [5.41, 5.74) is 6.93. The predicted molar refractivity (Wildman–Crippen MR) is 123 cm³/mol. The van der Waals surface area contributed by atoms with Crippen LogP contribution in [0.1, 0.15) is 54.4 Å². The van der Waals surface area contributed by atoms with E-state index in [2.05, 4.69) is 25.4 Å². The molecule has 170 valence electrons. The number of amides is 2. The molecule has 9 nitrogen and oxygen atoms in total. The first-order valence-corrected chi connectivity index (χ1v) is 11.2. The quantitative estimate of drug-likeness (QED) is 0.542. The zero-order valence-electron chi connectivity index (χ0n) is 18.4. The number of nitrogens with two attached hydrogens (primary N) is 1. The third kappa shape index (κ3) is 5.05. The van der Waals surface area contributed by atoms with Gasteiger partial charge in [-0.25, -0.2) is 11.4 Å². The van der Waals surface area contributed by atoms with E-state index in [0.717, 1.165) is 44.1 Å². The molecule has 2 aromatic rings. The molecule has 2 aliphatic carbocycles. The number of primary amides is 1. The van der Waals surface area contributed by atoms with Crippen molar-refractivity contribution in [2.45, 2.75) is 56.7 Å². The fourth-order valence-corrected chi connectivity index (χ4v) is 4.37. The molecule has 2 aliphatic rings. The topological polar surface area (TPSA) is 111 Å². The van der Waals surface area contributed by atoms with E-state index in [-0.39, 0.29) is 29.8 Å². The van der Waals surface area contributed by atoms with Gasteiger partial charge in [0.05, 0.1) is 6.57 Å². The molecule has 0 unspecified atom stereocenters. The molecular formula is C24H27N7O2. The van der Waals surface area contributed by atoms with Crippen molar-refractivity contribution >= 4 is 23.3 Å². The van der Waals surface area contributed by atoms with Gasteiger partial charge in [0.15, 0.2) is 11.5 Å². The smallest absolute Gasteiger partial charge is 0.254 e. The number of hydrogen-bond donors (Lipinski definition) is 3. The largest absolute Gasteiger partial charge is 0.365 e. The maximum Gasteiger partial charge on any atom is 0.254 e. The zero-order chi connectivity index (χ0) is 23.4. The van der Waals surface area contributed by atoms with Crippen LogP contribution in [0.5, 0.6) is 0 Å². The maximum absolute atomic E-state index is 12.2. The average Bonchev–Trinajstić information content (AvgIpc) is 3.59. The van der Waals surface area contributed by atoms with Gasteiger partial charge in [0, 0.05) is 24.7 Å². The number of carbonyl (C=O) groups excluding carboxylic acids is 2. The van der Waals surface area contributed by atoms with Crippen LogP contribution >= 0.6 is 0 Å². The molecule has 0 aliphatic heterocycles. The third-order valence-corrected chi connectivity index (χ3v) is 6.61. The number of hydrogen-bond acceptors (Lipinski definition) is 4. The van der Waals surface area contributed by atoms with Gasteiger partial charge in [-0.15, -0.1) is 0 Å². The van der Waals surface area contributed by atoms with E-state index in [1.165, 1.54) is 0 Å². The Morgan fingerprint density at radius 2 is 1.85 bits per heavy atom. The molecule has 0 radical (unpaired) electrons. The second kappa shape index (κ2) is 9.43. The predicted octanol–water partition coefficient (Wildman–Crippen LogP) is 3.23. The summed E-state index contributed by atoms with van der Waals surface area (Å²) in [5.74, 6) is -0.622. The van der Waals surface area contributed by atoms with Gasteiger partial charge in [0.25, 0.3) is 5.91 Å². The summed E-state index contributed by atoms with van der Waals surface area (Å²) in [6, 6.07) is 7.85. The number of benzene rings is 1. The monoisotopic (exact) mass is 445 g/mol. The Morgan fingerprint density at radius 3 is 2.42 bits per heavy atom. The van der Waals surface area contributed by atoms with Crippen LogP contribution in [0, 0.1) is 19.1 Å². The van der Waals surface area contributed by atoms with E-state index < -0.39 is 11.4 Å². The molecule has 1 aromatic carbocycles. The Balaban J connectivity index is 1.44. The van der Waals surface area contributed by atoms with Crippen LogP contribution in [-0.4, -0.2) is 34.2 Å². The number of nitrogens with one attached hydrogen (secondary N) is 2. The lowest BCUT2D eigenvalue weighted by molar-refractivity contribution is -0.117. The van der Waals surface area contributed by atoms with E-state index in [0.29, 0.717) is 18.3 Å². The number of carbonyl (C=O) groups is 2. The molecule has 0 saturated heterocycles. The fraction of sp³-hybridized carbons (Fsp3) is 0.458. The van der Waals surface area contributed by atoms with E-state index in [1.807, 2.05) is 24.3 Å². The van der Waals surface area contributed by atoms with Crippen molar-refractivity contribution in [3.05, 3.63) is 64.4 Å². The Morgan fingerprint density at radius 1 is 1.15 bits per heavy atom. The summed E-state index contributed by atoms with van der Waals surface area (Å²) in [4.78, 5) is 31.3. The van der Waals surface area contributed by atoms with Crippen LogP contribution in [-0.2, 0) is 16.9 Å². The van der Waals surface area contributed by atoms with Crippen molar-refractivity contribution in [1.82, 2.24) is 15.1 Å². The minimum absolute atomic E-state index is 0.0211. The highest BCUT2D eigenvalue weighted by Gasteiger charge is 2.42. The molecule has 0 bridgehead atoms. The molecule has 2 fully saturated rings. The van der Waals surface area contributed by atoms with Crippen molar-refractivity contribution in [2.24, 2.45) is 11.7 Å². The van der Waals surface area contributed by atoms with Crippen molar-refractivity contribution < 1.29 is 9.59 Å². The van der Waals surface area contributed by atoms with Gasteiger partial charge in [-0.3, -0.25) is 14.3 Å². The van der Waals surface area contributed by atoms with E-state index in [9.17, 15) is 9.59 Å². The number of anilines is 1. The summed E-state index contributed by atoms with van der Waals surface area (Å²) in [7, 11) is 0. The Kier molecular flexibility index (Phi) is 6.43. The lowest BCUT2D eigenvalue weighted by atomic mass is 9.79. The van der Waals surface area contributed by atoms with Crippen LogP contribution in [0.15, 0.2) is 30.5 Å². The first kappa shape index (κ1) is 22.5. The molecule has 1 heterocycles. The van der Waals surface area contributed by atoms with Crippen molar-refractivity contribution in [3.8, 4) is 0 Å². The summed E-state index contributed by atoms with van der Waals surface area (Å²) >= 11 is 0. The Labute approximate surface area is 193 Å². The highest BCUT2D eigenvalue weighted by Crippen LogP contribution is 2.37. The summed E-state index contributed by atoms with van der Waals surface area (Å²) in [6.07, 6.45) is 6.43. The minimum Gasteiger partial charge on any atom is -0.365 e. The SMILES string of the molecule is [C-]#[N+]CC1(n2cc(C(N)=O)c(NC(=O)C3CC3)n2)CCC(NCc2ccc([N+]#[C-])cc2)CC1. The lowest BCUT2D eigenvalue weighted by Gasteiger charge is -2.37. The number of nitrogens with zero attached hydrogens (tertiary/aromatic N) is 4. The molecule has 4 rings (SSSR count). The molecule has 33 heavy (non-hydrogen) atoms. The van der Waals surface area contributed by atoms with Crippen LogP contribution < -0.4 is 16.4 Å². The number of aromatic nitrogens is 2. The second-order valence-corrected chi connectivity index (χ2v) is 8.94. The van der Waals surface area contributed by atoms with Crippen molar-refractivity contribution in [3.63, 3.8) is 0 Å². The van der Waals surface area contributed by atoms with Crippen LogP contribution in [0.3, 0.4) is 0 Å². The molecule has 0 spiro atoms. The molecule has 4 N–H and O–H groups in total. The van der Waals surface area contributed by atoms with E-state index in [1.54, 1.807) is 10.9 Å². The Bertz CT molecular complexity index is 1110. The summed E-state index contributed by atoms with van der Waals surface area (Å²) in [5, 5.41) is 10.8. The molecule has 2 amide bonds. The summed E-state index contributed by atoms with van der Waals surface area (Å²) in [6.45, 7) is 15.5. The molecule has 1 aromatic heterocycles. The van der Waals surface area contributed by atoms with Gasteiger partial charge in [0.2, 0.25) is 12.5 Å². The molecule has 2 saturated carbocycles. The van der Waals surface area contributed by atoms with Gasteiger partial charge in [-0.05, 0) is 44.1 Å². The van der Waals surface area contributed by atoms with Crippen LogP contribution in [0.2, 0.25) is 0 Å². The van der Waals surface area contributed by atoms with Gasteiger partial charge >= 0.3 is 0 Å². The first-order chi connectivity index (χ1) is 15.9. The second-order valence-electron chi connectivity index (χ2n) is 8.94. The van der Waals surface area contributed by atoms with E-state index in [4.69, 9.17) is 18.9 Å². The van der Waals surface area contributed by atoms with Crippen molar-refractivity contribution in [1.29, 1.82) is 0 Å². The van der Waals surface area contributed by atoms with Gasteiger partial charge < -0.3 is 21.2 Å². The van der Waals surface area contributed by atoms with Gasteiger partial charge in [-0.2, -0.15) is 5.10 Å². The summed E-state index contributed by atoms with van der Waals surface area (Å²) < 4.78 is 1.69. The van der Waals surface area contributed by atoms with E-state index >= 15 is 0 Å². The van der Waals surface area contributed by atoms with Crippen LogP contribution in [0.25, 0.3) is 9.69 Å². The standard InChI is InChI=1S/C24H27N7O2/c1-26-15-24(31-14-20(21(25)32)22(30-31)29-23(33)17-5-6-17)11-9-19(10-12-24)28-13-16-3-7-18(27-2)8-4-16/h3-4,7-8,14,17,19,28H,5-6,9-13,15H2,(H2,25,32)(H,29,30,33). The van der Waals surface area contributed by atoms with Crippen molar-refractivity contribution in [2.75, 3.05) is 11.9 Å². The van der Waals surface area contributed by atoms with Gasteiger partial charge in [-0.1, -0.05) is 24.3 Å². The number of rotatable bonds is 8. The Hall–Kier alpha value is -3.69. The van der Waals surface area contributed by atoms with Crippen LogP contribution in [0.4, 0.5) is 11.5 Å². The fourth-order valence-electron chi connectivity index (χ4n) is 4.37. The molecule has 0 atom stereocenters. The van der Waals surface area contributed by atoms with Gasteiger partial charge in [0.1, 0.15) is 11.1 Å². The zero-order valence-corrected chi connectivity index (χ0v) is 18.4. The lowest BCUT2D eigenvalue weighted by Crippen LogP contribution is -2.45. The highest BCUT2D eigenvalue weighted by atomic mass is 16.2. The molecular weight excluding hydrogens is 418 g/mol. The maximum atomic E-state index is 12.2. The third-order valence-electron chi connectivity index (χ3n) is 6.61. The molecule has 9 heteroatoms. The normalized spacial score (nSPS) is 22.2. The first-order valence-electron chi connectivity index (χ1n) is 11.2. The minimum atomic E-state index is -0.648.